The highest BCUT2D eigenvalue weighted by atomic mass is 19.1. The zero-order chi connectivity index (χ0) is 33.0. The van der Waals surface area contributed by atoms with Crippen LogP contribution in [0.2, 0.25) is 0 Å². The summed E-state index contributed by atoms with van der Waals surface area (Å²) >= 11 is 0. The number of aliphatic carboxylic acids is 1. The maximum absolute atomic E-state index is 13.2. The number of pyridine rings is 1. The molecule has 238 valence electrons. The van der Waals surface area contributed by atoms with Crippen LogP contribution in [0.15, 0.2) is 66.9 Å². The van der Waals surface area contributed by atoms with E-state index < -0.39 is 47.5 Å². The van der Waals surface area contributed by atoms with Crippen molar-refractivity contribution in [2.45, 2.75) is 25.4 Å². The first-order valence-electron chi connectivity index (χ1n) is 13.9. The molecule has 13 nitrogen and oxygen atoms in total. The van der Waals surface area contributed by atoms with Gasteiger partial charge in [-0.2, -0.15) is 0 Å². The van der Waals surface area contributed by atoms with Crippen LogP contribution in [0, 0.1) is 11.2 Å². The van der Waals surface area contributed by atoms with Gasteiger partial charge in [0.15, 0.2) is 29.1 Å². The van der Waals surface area contributed by atoms with E-state index in [1.807, 2.05) is 0 Å². The molecule has 0 saturated heterocycles. The maximum Gasteiger partial charge on any atom is 0.333 e. The average Bonchev–Trinajstić information content (AvgIpc) is 3.86. The molecule has 1 atom stereocenters. The Kier molecular flexibility index (Phi) is 9.00. The lowest BCUT2D eigenvalue weighted by Gasteiger charge is -2.17. The summed E-state index contributed by atoms with van der Waals surface area (Å²) in [5.74, 6) is -3.27. The number of ether oxygens (including phenoxy) is 4. The van der Waals surface area contributed by atoms with Crippen molar-refractivity contribution in [3.63, 3.8) is 0 Å². The van der Waals surface area contributed by atoms with Gasteiger partial charge in [-0.3, -0.25) is 19.4 Å². The van der Waals surface area contributed by atoms with E-state index in [1.54, 1.807) is 24.3 Å². The van der Waals surface area contributed by atoms with Crippen LogP contribution in [0.4, 0.5) is 15.8 Å². The molecular formula is C32H28FN3O10. The number of rotatable bonds is 12. The third kappa shape index (κ3) is 6.81. The Morgan fingerprint density at radius 2 is 1.46 bits per heavy atom. The number of nitrogens with zero attached hydrogens (tertiary/aromatic N) is 1. The van der Waals surface area contributed by atoms with Gasteiger partial charge < -0.3 is 39.8 Å². The number of halogens is 1. The number of anilines is 2. The van der Waals surface area contributed by atoms with E-state index in [9.17, 15) is 28.7 Å². The molecule has 1 aliphatic carbocycles. The van der Waals surface area contributed by atoms with Gasteiger partial charge in [-0.1, -0.05) is 0 Å². The van der Waals surface area contributed by atoms with E-state index in [0.29, 0.717) is 46.6 Å². The zero-order valence-electron chi connectivity index (χ0n) is 24.5. The van der Waals surface area contributed by atoms with Crippen molar-refractivity contribution in [3.05, 3.63) is 72.7 Å². The third-order valence-corrected chi connectivity index (χ3v) is 7.21. The summed E-state index contributed by atoms with van der Waals surface area (Å²) in [4.78, 5) is 53.7. The zero-order valence-corrected chi connectivity index (χ0v) is 24.5. The molecule has 5 rings (SSSR count). The molecule has 2 amide bonds. The fourth-order valence-electron chi connectivity index (χ4n) is 4.51. The molecule has 1 aliphatic rings. The molecule has 0 aliphatic heterocycles. The minimum atomic E-state index is -1.97. The third-order valence-electron chi connectivity index (χ3n) is 7.21. The second-order valence-electron chi connectivity index (χ2n) is 10.3. The molecule has 46 heavy (non-hydrogen) atoms. The molecule has 4 N–H and O–H groups in total. The number of carbonyl (C=O) groups excluding carboxylic acids is 3. The summed E-state index contributed by atoms with van der Waals surface area (Å²) in [6.07, 6.45) is -0.893. The molecule has 1 saturated carbocycles. The van der Waals surface area contributed by atoms with Crippen molar-refractivity contribution in [1.82, 2.24) is 4.98 Å². The van der Waals surface area contributed by atoms with E-state index in [4.69, 9.17) is 24.1 Å². The van der Waals surface area contributed by atoms with Crippen LogP contribution in [0.1, 0.15) is 19.3 Å². The molecule has 0 unspecified atom stereocenters. The summed E-state index contributed by atoms with van der Waals surface area (Å²) in [6, 6.07) is 14.5. The van der Waals surface area contributed by atoms with Gasteiger partial charge in [0, 0.05) is 17.4 Å². The molecular weight excluding hydrogens is 605 g/mol. The van der Waals surface area contributed by atoms with Gasteiger partial charge >= 0.3 is 11.9 Å². The van der Waals surface area contributed by atoms with Gasteiger partial charge in [0.05, 0.1) is 37.7 Å². The average molecular weight is 634 g/mol. The van der Waals surface area contributed by atoms with Gasteiger partial charge in [-0.05, 0) is 67.4 Å². The Morgan fingerprint density at radius 3 is 2.00 bits per heavy atom. The second kappa shape index (κ2) is 13.1. The smallest absolute Gasteiger partial charge is 0.333 e. The van der Waals surface area contributed by atoms with Crippen LogP contribution in [0.5, 0.6) is 28.7 Å². The van der Waals surface area contributed by atoms with Crippen LogP contribution < -0.4 is 29.6 Å². The van der Waals surface area contributed by atoms with Crippen LogP contribution in [-0.2, 0) is 19.2 Å². The van der Waals surface area contributed by atoms with Crippen molar-refractivity contribution in [1.29, 1.82) is 0 Å². The van der Waals surface area contributed by atoms with E-state index in [1.165, 1.54) is 56.8 Å². The molecule has 14 heteroatoms. The number of esters is 1. The van der Waals surface area contributed by atoms with Gasteiger partial charge in [-0.25, -0.2) is 9.18 Å². The lowest BCUT2D eigenvalue weighted by molar-refractivity contribution is -0.152. The number of nitrogens with one attached hydrogen (secondary N) is 2. The van der Waals surface area contributed by atoms with E-state index in [-0.39, 0.29) is 17.2 Å². The normalized spacial score (nSPS) is 13.7. The molecule has 1 heterocycles. The predicted molar refractivity (Wildman–Crippen MR) is 161 cm³/mol. The topological polar surface area (TPSA) is 183 Å². The Hall–Kier alpha value is -5.76. The summed E-state index contributed by atoms with van der Waals surface area (Å²) < 4.78 is 35.4. The van der Waals surface area contributed by atoms with Crippen LogP contribution in [0.25, 0.3) is 10.9 Å². The summed E-state index contributed by atoms with van der Waals surface area (Å²) in [5.41, 5.74) is -0.129. The van der Waals surface area contributed by atoms with Crippen molar-refractivity contribution in [3.8, 4) is 28.7 Å². The highest BCUT2D eigenvalue weighted by molar-refractivity contribution is 6.16. The number of benzene rings is 3. The van der Waals surface area contributed by atoms with Crippen LogP contribution in [0.3, 0.4) is 0 Å². The van der Waals surface area contributed by atoms with E-state index in [2.05, 4.69) is 15.6 Å². The number of aromatic nitrogens is 1. The first-order chi connectivity index (χ1) is 22.0. The van der Waals surface area contributed by atoms with Crippen LogP contribution >= 0.6 is 0 Å². The number of hydrogen-bond donors (Lipinski definition) is 4. The summed E-state index contributed by atoms with van der Waals surface area (Å²) in [6.45, 7) is 0. The predicted octanol–water partition coefficient (Wildman–Crippen LogP) is 4.28. The van der Waals surface area contributed by atoms with Gasteiger partial charge in [-0.15, -0.1) is 0 Å². The van der Waals surface area contributed by atoms with Gasteiger partial charge in [0.2, 0.25) is 11.8 Å². The maximum atomic E-state index is 13.2. The molecule has 1 fully saturated rings. The quantitative estimate of drug-likeness (QED) is 0.129. The Labute approximate surface area is 260 Å². The van der Waals surface area contributed by atoms with E-state index >= 15 is 0 Å². The van der Waals surface area contributed by atoms with Crippen molar-refractivity contribution < 1.29 is 52.7 Å². The number of amides is 2. The molecule has 4 aromatic rings. The highest BCUT2D eigenvalue weighted by Crippen LogP contribution is 2.48. The standard InChI is InChI=1S/C32H28FN3O10/c1-43-24-13-21-22(14-25(24)44-2)34-16-26(46-27(38)15-23(37)29(39)40)28(21)45-20-9-7-19(8-10-20)36-31(42)32(11-12-32)30(41)35-18-5-3-17(33)4-6-18/h3-10,13-14,16,23,37H,11-12,15H2,1-2H3,(H,35,41)(H,36,42)(H,39,40)/t23-/m0/s1. The number of carboxylic acids is 1. The lowest BCUT2D eigenvalue weighted by atomic mass is 10.0. The van der Waals surface area contributed by atoms with E-state index in [0.717, 1.165) is 0 Å². The fraction of sp³-hybridized carbons (Fsp3) is 0.219. The molecule has 1 aromatic heterocycles. The Morgan fingerprint density at radius 1 is 0.891 bits per heavy atom. The molecule has 0 spiro atoms. The minimum Gasteiger partial charge on any atom is -0.493 e. The van der Waals surface area contributed by atoms with Gasteiger partial charge in [0.25, 0.3) is 0 Å². The van der Waals surface area contributed by atoms with Crippen molar-refractivity contribution >= 4 is 46.0 Å². The minimum absolute atomic E-state index is 0.0234. The number of aliphatic hydroxyl groups is 1. The van der Waals surface area contributed by atoms with Crippen molar-refractivity contribution in [2.24, 2.45) is 5.41 Å². The summed E-state index contributed by atoms with van der Waals surface area (Å²) in [7, 11) is 2.88. The number of carboxylic acid groups (broad SMARTS) is 1. The first-order valence-corrected chi connectivity index (χ1v) is 13.9. The van der Waals surface area contributed by atoms with Crippen LogP contribution in [-0.4, -0.2) is 59.3 Å². The molecule has 3 aromatic carbocycles. The largest absolute Gasteiger partial charge is 0.493 e. The highest BCUT2D eigenvalue weighted by Gasteiger charge is 2.56. The molecule has 0 bridgehead atoms. The first kappa shape index (κ1) is 31.7. The number of methoxy groups -OCH3 is 2. The number of carbonyl (C=O) groups is 4. The monoisotopic (exact) mass is 633 g/mol. The lowest BCUT2D eigenvalue weighted by Crippen LogP contribution is -2.35. The fourth-order valence-corrected chi connectivity index (χ4v) is 4.51. The summed E-state index contributed by atoms with van der Waals surface area (Å²) in [5, 5.41) is 24.3. The number of hydrogen-bond acceptors (Lipinski definition) is 10. The Balaban J connectivity index is 1.36. The van der Waals surface area contributed by atoms with Crippen molar-refractivity contribution in [2.75, 3.05) is 24.9 Å². The number of aliphatic hydroxyl groups excluding tert-OH is 1. The Bertz CT molecular complexity index is 1810. The van der Waals surface area contributed by atoms with Gasteiger partial charge in [0.1, 0.15) is 17.0 Å². The second-order valence-corrected chi connectivity index (χ2v) is 10.3. The SMILES string of the molecule is COc1cc2ncc(OC(=O)C[C@H](O)C(=O)O)c(Oc3ccc(NC(=O)C4(C(=O)Nc5ccc(F)cc5)CC4)cc3)c2cc1OC. The number of fused-ring (bicyclic) bond motifs is 1. The molecule has 0 radical (unpaired) electrons.